The summed E-state index contributed by atoms with van der Waals surface area (Å²) in [5.41, 5.74) is 4.81. The van der Waals surface area contributed by atoms with Crippen LogP contribution in [0, 0.1) is 13.8 Å². The van der Waals surface area contributed by atoms with Crippen molar-refractivity contribution in [1.29, 1.82) is 0 Å². The van der Waals surface area contributed by atoms with Gasteiger partial charge >= 0.3 is 0 Å². The van der Waals surface area contributed by atoms with E-state index in [0.717, 1.165) is 43.2 Å². The van der Waals surface area contributed by atoms with E-state index in [0.29, 0.717) is 17.9 Å². The van der Waals surface area contributed by atoms with Crippen LogP contribution in [0.3, 0.4) is 0 Å². The van der Waals surface area contributed by atoms with Gasteiger partial charge in [0.05, 0.1) is 24.0 Å². The van der Waals surface area contributed by atoms with Crippen molar-refractivity contribution in [3.05, 3.63) is 76.7 Å². The van der Waals surface area contributed by atoms with Gasteiger partial charge in [0.1, 0.15) is 0 Å². The normalized spacial score (nSPS) is 16.9. The molecule has 3 heterocycles. The van der Waals surface area contributed by atoms with E-state index >= 15 is 0 Å². The Kier molecular flexibility index (Phi) is 6.44. The van der Waals surface area contributed by atoms with Gasteiger partial charge in [-0.05, 0) is 50.1 Å². The molecule has 0 aliphatic carbocycles. The molecule has 1 unspecified atom stereocenters. The fraction of sp³-hybridized carbons (Fsp3) is 0.375. The molecule has 0 saturated carbocycles. The number of rotatable bonds is 6. The van der Waals surface area contributed by atoms with Gasteiger partial charge in [0, 0.05) is 38.1 Å². The summed E-state index contributed by atoms with van der Waals surface area (Å²) < 4.78 is 7.39. The highest BCUT2D eigenvalue weighted by molar-refractivity contribution is 5.93. The molecule has 1 saturated heterocycles. The Hall–Kier alpha value is -3.03. The Labute approximate surface area is 183 Å². The first-order chi connectivity index (χ1) is 15.0. The highest BCUT2D eigenvalue weighted by Gasteiger charge is 2.16. The summed E-state index contributed by atoms with van der Waals surface area (Å²) in [5, 5.41) is 7.42. The number of carbonyl (C=O) groups excluding carboxylic acids is 1. The van der Waals surface area contributed by atoms with Crippen molar-refractivity contribution in [2.45, 2.75) is 40.0 Å². The molecule has 1 fully saturated rings. The molecule has 1 aliphatic rings. The first kappa shape index (κ1) is 21.2. The summed E-state index contributed by atoms with van der Waals surface area (Å²) in [5.74, 6) is 0.562. The lowest BCUT2D eigenvalue weighted by molar-refractivity contribution is -0.0212. The van der Waals surface area contributed by atoms with Crippen LogP contribution >= 0.6 is 0 Å². The molecule has 0 bridgehead atoms. The summed E-state index contributed by atoms with van der Waals surface area (Å²) in [6, 6.07) is 14.0. The van der Waals surface area contributed by atoms with Crippen LogP contribution in [0.15, 0.2) is 48.7 Å². The third-order valence-corrected chi connectivity index (χ3v) is 5.41. The fourth-order valence-electron chi connectivity index (χ4n) is 3.92. The van der Waals surface area contributed by atoms with Crippen LogP contribution in [0.4, 0.5) is 0 Å². The third-order valence-electron chi connectivity index (χ3n) is 5.41. The van der Waals surface area contributed by atoms with E-state index in [-0.39, 0.29) is 12.0 Å². The number of ether oxygens (including phenoxy) is 1. The van der Waals surface area contributed by atoms with Crippen molar-refractivity contribution in [2.24, 2.45) is 0 Å². The zero-order valence-corrected chi connectivity index (χ0v) is 18.3. The van der Waals surface area contributed by atoms with Gasteiger partial charge in [0.25, 0.3) is 5.91 Å². The number of hydrogen-bond donors (Lipinski definition) is 1. The van der Waals surface area contributed by atoms with Crippen molar-refractivity contribution >= 4 is 5.91 Å². The number of morpholine rings is 1. The predicted molar refractivity (Wildman–Crippen MR) is 119 cm³/mol. The van der Waals surface area contributed by atoms with Gasteiger partial charge in [-0.25, -0.2) is 9.67 Å². The lowest BCUT2D eigenvalue weighted by atomic mass is 10.1. The molecule has 0 radical (unpaired) electrons. The minimum absolute atomic E-state index is 0.139. The number of nitrogens with one attached hydrogen (secondary N) is 1. The van der Waals surface area contributed by atoms with Gasteiger partial charge in [0.15, 0.2) is 5.82 Å². The molecule has 2 aromatic heterocycles. The average Bonchev–Trinajstić information content (AvgIpc) is 3.10. The summed E-state index contributed by atoms with van der Waals surface area (Å²) in [6.07, 6.45) is 1.87. The molecular formula is C24H29N5O2. The second-order valence-electron chi connectivity index (χ2n) is 8.16. The van der Waals surface area contributed by atoms with Crippen LogP contribution in [0.2, 0.25) is 0 Å². The van der Waals surface area contributed by atoms with Gasteiger partial charge in [-0.15, -0.1) is 0 Å². The third kappa shape index (κ3) is 5.37. The molecular weight excluding hydrogens is 390 g/mol. The van der Waals surface area contributed by atoms with E-state index in [9.17, 15) is 4.79 Å². The topological polar surface area (TPSA) is 72.3 Å². The number of amides is 1. The maximum Gasteiger partial charge on any atom is 0.253 e. The van der Waals surface area contributed by atoms with Crippen LogP contribution in [0.25, 0.3) is 5.82 Å². The van der Waals surface area contributed by atoms with E-state index in [1.54, 1.807) is 16.9 Å². The van der Waals surface area contributed by atoms with Crippen molar-refractivity contribution < 1.29 is 9.53 Å². The lowest BCUT2D eigenvalue weighted by Gasteiger charge is -2.31. The van der Waals surface area contributed by atoms with Gasteiger partial charge < -0.3 is 10.1 Å². The Morgan fingerprint density at radius 3 is 2.74 bits per heavy atom. The van der Waals surface area contributed by atoms with Crippen LogP contribution in [0.5, 0.6) is 0 Å². The molecule has 1 N–H and O–H groups in total. The predicted octanol–water partition coefficient (Wildman–Crippen LogP) is 3.03. The molecule has 1 amide bonds. The number of hydrogen-bond acceptors (Lipinski definition) is 5. The van der Waals surface area contributed by atoms with Crippen molar-refractivity contribution in [3.63, 3.8) is 0 Å². The first-order valence-corrected chi connectivity index (χ1v) is 10.7. The Morgan fingerprint density at radius 1 is 1.19 bits per heavy atom. The van der Waals surface area contributed by atoms with Crippen molar-refractivity contribution in [2.75, 3.05) is 19.7 Å². The smallest absolute Gasteiger partial charge is 0.253 e. The summed E-state index contributed by atoms with van der Waals surface area (Å²) in [4.78, 5) is 19.4. The molecule has 1 atom stereocenters. The molecule has 4 rings (SSSR count). The van der Waals surface area contributed by atoms with Gasteiger partial charge in [0.2, 0.25) is 0 Å². The van der Waals surface area contributed by atoms with E-state index in [2.05, 4.69) is 39.4 Å². The van der Waals surface area contributed by atoms with E-state index in [1.165, 1.54) is 5.56 Å². The monoisotopic (exact) mass is 419 g/mol. The highest BCUT2D eigenvalue weighted by Crippen LogP contribution is 2.13. The van der Waals surface area contributed by atoms with E-state index in [4.69, 9.17) is 4.74 Å². The SMILES string of the molecule is Cc1cc(C)n(-c2ccc(C(=O)NCc3cccc(CN4CCOC(C)C4)c3)cn2)n1. The zero-order chi connectivity index (χ0) is 21.8. The average molecular weight is 420 g/mol. The van der Waals surface area contributed by atoms with E-state index in [1.807, 2.05) is 38.1 Å². The van der Waals surface area contributed by atoms with Crippen LogP contribution in [-0.4, -0.2) is 51.4 Å². The molecule has 0 spiro atoms. The quantitative estimate of drug-likeness (QED) is 0.665. The fourth-order valence-corrected chi connectivity index (χ4v) is 3.92. The van der Waals surface area contributed by atoms with Gasteiger partial charge in [-0.2, -0.15) is 5.10 Å². The molecule has 31 heavy (non-hydrogen) atoms. The second-order valence-corrected chi connectivity index (χ2v) is 8.16. The zero-order valence-electron chi connectivity index (χ0n) is 18.3. The largest absolute Gasteiger partial charge is 0.376 e. The number of aryl methyl sites for hydroxylation is 2. The number of aromatic nitrogens is 3. The van der Waals surface area contributed by atoms with Crippen LogP contribution in [-0.2, 0) is 17.8 Å². The Bertz CT molecular complexity index is 1040. The van der Waals surface area contributed by atoms with E-state index < -0.39 is 0 Å². The Balaban J connectivity index is 1.35. The maximum absolute atomic E-state index is 12.6. The Morgan fingerprint density at radius 2 is 2.03 bits per heavy atom. The number of pyridine rings is 1. The minimum atomic E-state index is -0.139. The summed E-state index contributed by atoms with van der Waals surface area (Å²) in [6.45, 7) is 10.1. The standard InChI is InChI=1S/C24H29N5O2/c1-17-11-18(2)29(27-17)23-8-7-22(14-25-23)24(30)26-13-20-5-4-6-21(12-20)16-28-9-10-31-19(3)15-28/h4-8,11-12,14,19H,9-10,13,15-16H2,1-3H3,(H,26,30). The number of nitrogens with zero attached hydrogens (tertiary/aromatic N) is 4. The maximum atomic E-state index is 12.6. The molecule has 1 aliphatic heterocycles. The second kappa shape index (κ2) is 9.41. The van der Waals surface area contributed by atoms with Crippen molar-refractivity contribution in [1.82, 2.24) is 25.0 Å². The van der Waals surface area contributed by atoms with Crippen LogP contribution in [0.1, 0.15) is 39.8 Å². The minimum Gasteiger partial charge on any atom is -0.376 e. The summed E-state index contributed by atoms with van der Waals surface area (Å²) in [7, 11) is 0. The highest BCUT2D eigenvalue weighted by atomic mass is 16.5. The summed E-state index contributed by atoms with van der Waals surface area (Å²) >= 11 is 0. The molecule has 7 nitrogen and oxygen atoms in total. The molecule has 1 aromatic carbocycles. The molecule has 162 valence electrons. The first-order valence-electron chi connectivity index (χ1n) is 10.7. The van der Waals surface area contributed by atoms with Crippen LogP contribution < -0.4 is 5.32 Å². The number of benzene rings is 1. The van der Waals surface area contributed by atoms with Gasteiger partial charge in [-0.3, -0.25) is 9.69 Å². The lowest BCUT2D eigenvalue weighted by Crippen LogP contribution is -2.40. The molecule has 7 heteroatoms. The molecule has 3 aromatic rings. The van der Waals surface area contributed by atoms with Crippen molar-refractivity contribution in [3.8, 4) is 5.82 Å². The van der Waals surface area contributed by atoms with Gasteiger partial charge in [-0.1, -0.05) is 24.3 Å². The number of carbonyl (C=O) groups is 1.